The summed E-state index contributed by atoms with van der Waals surface area (Å²) in [6.07, 6.45) is 0.985. The second-order valence-electron chi connectivity index (χ2n) is 3.92. The molecular weight excluding hydrogens is 385 g/mol. The summed E-state index contributed by atoms with van der Waals surface area (Å²) in [7, 11) is 0. The van der Waals surface area contributed by atoms with Crippen molar-refractivity contribution in [1.82, 2.24) is 4.90 Å². The Morgan fingerprint density at radius 1 is 1.30 bits per heavy atom. The van der Waals surface area contributed by atoms with Crippen LogP contribution in [0.15, 0.2) is 23.9 Å². The summed E-state index contributed by atoms with van der Waals surface area (Å²) < 4.78 is 27.2. The highest BCUT2D eigenvalue weighted by atomic mass is 127. The van der Waals surface area contributed by atoms with E-state index in [1.807, 2.05) is 0 Å². The van der Waals surface area contributed by atoms with Crippen LogP contribution >= 0.6 is 22.6 Å². The third kappa shape index (κ3) is 2.66. The molecule has 0 bridgehead atoms. The normalized spacial score (nSPS) is 14.8. The Morgan fingerprint density at radius 3 is 2.65 bits per heavy atom. The molecule has 1 heterocycles. The van der Waals surface area contributed by atoms with Crippen LogP contribution in [-0.4, -0.2) is 35.0 Å². The second kappa shape index (κ2) is 5.83. The monoisotopic (exact) mass is 394 g/mol. The highest BCUT2D eigenvalue weighted by molar-refractivity contribution is 14.1. The number of carbonyl (C=O) groups is 2. The van der Waals surface area contributed by atoms with Crippen LogP contribution in [0.25, 0.3) is 0 Å². The lowest BCUT2D eigenvalue weighted by atomic mass is 10.2. The zero-order valence-electron chi connectivity index (χ0n) is 9.99. The van der Waals surface area contributed by atoms with E-state index in [-0.39, 0.29) is 24.5 Å². The molecule has 8 heteroatoms. The molecule has 2 rings (SSSR count). The minimum Gasteiger partial charge on any atom is -0.395 e. The van der Waals surface area contributed by atoms with Gasteiger partial charge in [0, 0.05) is 9.65 Å². The van der Waals surface area contributed by atoms with Crippen LogP contribution in [0.5, 0.6) is 0 Å². The first kappa shape index (κ1) is 14.9. The van der Waals surface area contributed by atoms with E-state index in [0.717, 1.165) is 17.0 Å². The molecule has 0 atom stereocenters. The number of carbonyl (C=O) groups excluding carboxylic acids is 2. The third-order valence-electron chi connectivity index (χ3n) is 2.64. The lowest BCUT2D eigenvalue weighted by Gasteiger charge is -2.14. The second-order valence-corrected chi connectivity index (χ2v) is 5.08. The number of aliphatic hydroxyl groups is 1. The standard InChI is InChI=1S/C12H9F2IN2O3/c13-6-1-2-7(15)11(10(6)14)16-8-5-9(19)17(3-4-18)12(8)20/h1-2,5,16,18H,3-4H2. The van der Waals surface area contributed by atoms with Crippen LogP contribution in [0.2, 0.25) is 0 Å². The van der Waals surface area contributed by atoms with Crippen LogP contribution in [0, 0.1) is 15.2 Å². The summed E-state index contributed by atoms with van der Waals surface area (Å²) in [5, 5.41) is 11.2. The van der Waals surface area contributed by atoms with Crippen LogP contribution in [0.1, 0.15) is 0 Å². The summed E-state index contributed by atoms with van der Waals surface area (Å²) in [5.74, 6) is -3.49. The third-order valence-corrected chi connectivity index (χ3v) is 3.54. The van der Waals surface area contributed by atoms with Gasteiger partial charge in [0.15, 0.2) is 11.6 Å². The molecule has 2 amide bonds. The molecule has 20 heavy (non-hydrogen) atoms. The summed E-state index contributed by atoms with van der Waals surface area (Å²) in [6.45, 7) is -0.521. The van der Waals surface area contributed by atoms with E-state index in [2.05, 4.69) is 5.32 Å². The topological polar surface area (TPSA) is 69.6 Å². The van der Waals surface area contributed by atoms with E-state index >= 15 is 0 Å². The molecule has 0 saturated heterocycles. The molecule has 0 aromatic heterocycles. The van der Waals surface area contributed by atoms with Crippen molar-refractivity contribution in [2.45, 2.75) is 0 Å². The summed E-state index contributed by atoms with van der Waals surface area (Å²) in [4.78, 5) is 24.2. The Bertz CT molecular complexity index is 619. The highest BCUT2D eigenvalue weighted by Crippen LogP contribution is 2.26. The van der Waals surface area contributed by atoms with Crippen molar-refractivity contribution < 1.29 is 23.5 Å². The molecule has 0 spiro atoms. The van der Waals surface area contributed by atoms with E-state index in [1.54, 1.807) is 22.6 Å². The lowest BCUT2D eigenvalue weighted by Crippen LogP contribution is -2.34. The fraction of sp³-hybridized carbons (Fsp3) is 0.167. The number of imide groups is 1. The van der Waals surface area contributed by atoms with Gasteiger partial charge in [0.05, 0.1) is 18.8 Å². The SMILES string of the molecule is O=C1C=C(Nc2c(I)ccc(F)c2F)C(=O)N1CCO. The molecule has 0 aliphatic carbocycles. The van der Waals surface area contributed by atoms with Gasteiger partial charge in [0.2, 0.25) is 0 Å². The molecule has 0 unspecified atom stereocenters. The summed E-state index contributed by atoms with van der Waals surface area (Å²) in [5.41, 5.74) is -0.366. The maximum Gasteiger partial charge on any atom is 0.277 e. The molecule has 1 aromatic rings. The van der Waals surface area contributed by atoms with Gasteiger partial charge in [-0.3, -0.25) is 14.5 Å². The van der Waals surface area contributed by atoms with Gasteiger partial charge in [-0.25, -0.2) is 8.78 Å². The first-order chi connectivity index (χ1) is 9.45. The molecule has 0 saturated carbocycles. The van der Waals surface area contributed by atoms with Gasteiger partial charge in [-0.05, 0) is 34.7 Å². The van der Waals surface area contributed by atoms with Gasteiger partial charge in [0.25, 0.3) is 11.8 Å². The van der Waals surface area contributed by atoms with Gasteiger partial charge in [0.1, 0.15) is 5.70 Å². The van der Waals surface area contributed by atoms with Crippen molar-refractivity contribution in [2.75, 3.05) is 18.5 Å². The van der Waals surface area contributed by atoms with Crippen LogP contribution in [0.3, 0.4) is 0 Å². The molecule has 1 aliphatic heterocycles. The van der Waals surface area contributed by atoms with Crippen molar-refractivity contribution in [2.24, 2.45) is 0 Å². The number of hydrogen-bond acceptors (Lipinski definition) is 4. The van der Waals surface area contributed by atoms with Crippen molar-refractivity contribution in [1.29, 1.82) is 0 Å². The lowest BCUT2D eigenvalue weighted by molar-refractivity contribution is -0.137. The molecule has 1 aliphatic rings. The minimum atomic E-state index is -1.13. The molecule has 1 aromatic carbocycles. The summed E-state index contributed by atoms with van der Waals surface area (Å²) >= 11 is 1.78. The smallest absolute Gasteiger partial charge is 0.277 e. The largest absolute Gasteiger partial charge is 0.395 e. The minimum absolute atomic E-state index is 0.151. The Morgan fingerprint density at radius 2 is 2.00 bits per heavy atom. The first-order valence-corrected chi connectivity index (χ1v) is 6.62. The quantitative estimate of drug-likeness (QED) is 0.458. The molecule has 0 fully saturated rings. The summed E-state index contributed by atoms with van der Waals surface area (Å²) in [6, 6.07) is 2.31. The van der Waals surface area contributed by atoms with E-state index in [1.165, 1.54) is 6.07 Å². The number of β-amino-alcohol motifs (C(OH)–C–C–N with tert-alkyl or cyclic N) is 1. The molecule has 106 valence electrons. The Kier molecular flexibility index (Phi) is 4.33. The number of amides is 2. The fourth-order valence-corrected chi connectivity index (χ4v) is 2.24. The van der Waals surface area contributed by atoms with Gasteiger partial charge < -0.3 is 10.4 Å². The number of rotatable bonds is 4. The van der Waals surface area contributed by atoms with Gasteiger partial charge in [-0.2, -0.15) is 0 Å². The van der Waals surface area contributed by atoms with E-state index in [9.17, 15) is 18.4 Å². The van der Waals surface area contributed by atoms with E-state index < -0.39 is 23.4 Å². The van der Waals surface area contributed by atoms with Gasteiger partial charge >= 0.3 is 0 Å². The number of anilines is 1. The number of halogens is 3. The van der Waals surface area contributed by atoms with Gasteiger partial charge in [-0.15, -0.1) is 0 Å². The first-order valence-electron chi connectivity index (χ1n) is 5.54. The van der Waals surface area contributed by atoms with E-state index in [4.69, 9.17) is 5.11 Å². The molecular formula is C12H9F2IN2O3. The predicted molar refractivity (Wildman–Crippen MR) is 74.6 cm³/mol. The number of benzene rings is 1. The maximum atomic E-state index is 13.7. The Hall–Kier alpha value is -1.55. The van der Waals surface area contributed by atoms with Crippen molar-refractivity contribution in [3.05, 3.63) is 39.1 Å². The Labute approximate surface area is 126 Å². The molecule has 0 radical (unpaired) electrons. The number of nitrogens with zero attached hydrogens (tertiary/aromatic N) is 1. The number of aliphatic hydroxyl groups excluding tert-OH is 1. The van der Waals surface area contributed by atoms with Gasteiger partial charge in [-0.1, -0.05) is 0 Å². The number of nitrogens with one attached hydrogen (secondary N) is 1. The van der Waals surface area contributed by atoms with Crippen LogP contribution in [0.4, 0.5) is 14.5 Å². The molecule has 2 N–H and O–H groups in total. The molecule has 5 nitrogen and oxygen atoms in total. The van der Waals surface area contributed by atoms with Crippen LogP contribution in [-0.2, 0) is 9.59 Å². The number of hydrogen-bond donors (Lipinski definition) is 2. The predicted octanol–water partition coefficient (Wildman–Crippen LogP) is 1.23. The average Bonchev–Trinajstić information content (AvgIpc) is 2.67. The van der Waals surface area contributed by atoms with Crippen molar-refractivity contribution >= 4 is 40.1 Å². The zero-order chi connectivity index (χ0) is 14.9. The fourth-order valence-electron chi connectivity index (χ4n) is 1.69. The highest BCUT2D eigenvalue weighted by Gasteiger charge is 2.31. The van der Waals surface area contributed by atoms with E-state index in [0.29, 0.717) is 3.57 Å². The van der Waals surface area contributed by atoms with Crippen LogP contribution < -0.4 is 5.32 Å². The van der Waals surface area contributed by atoms with Crippen molar-refractivity contribution in [3.8, 4) is 0 Å². The van der Waals surface area contributed by atoms with Crippen molar-refractivity contribution in [3.63, 3.8) is 0 Å². The zero-order valence-corrected chi connectivity index (χ0v) is 12.1. The maximum absolute atomic E-state index is 13.7. The average molecular weight is 394 g/mol. The Balaban J connectivity index is 2.28.